The summed E-state index contributed by atoms with van der Waals surface area (Å²) in [6, 6.07) is 0. The Labute approximate surface area is 317 Å². The highest BCUT2D eigenvalue weighted by Gasteiger charge is 2.25. The second-order valence-corrected chi connectivity index (χ2v) is 13.8. The van der Waals surface area contributed by atoms with Crippen molar-refractivity contribution in [2.24, 2.45) is 5.73 Å². The smallest absolute Gasteiger partial charge is 0.457 e. The van der Waals surface area contributed by atoms with Crippen LogP contribution in [0.5, 0.6) is 0 Å². The van der Waals surface area contributed by atoms with Gasteiger partial charge in [0.25, 0.3) is 0 Å². The lowest BCUT2D eigenvalue weighted by atomic mass is 10.1. The molecule has 0 aromatic carbocycles. The fraction of sp³-hybridized carbons (Fsp3) is 0.605. The molecule has 0 bridgehead atoms. The Balaban J connectivity index is 4.21. The van der Waals surface area contributed by atoms with Crippen LogP contribution >= 0.6 is 7.82 Å². The average Bonchev–Trinajstić information content (AvgIpc) is 3.13. The molecular formula is C43H72NO7P. The number of allylic oxidation sites excluding steroid dienone is 16. The van der Waals surface area contributed by atoms with Gasteiger partial charge in [0.05, 0.1) is 19.8 Å². The lowest BCUT2D eigenvalue weighted by Gasteiger charge is -2.20. The zero-order valence-corrected chi connectivity index (χ0v) is 33.4. The van der Waals surface area contributed by atoms with Crippen LogP contribution in [0.1, 0.15) is 129 Å². The summed E-state index contributed by atoms with van der Waals surface area (Å²) in [6.07, 6.45) is 51.4. The molecule has 0 spiro atoms. The standard InChI is InChI=1S/C43H72NO7P/c1-3-5-7-9-11-13-15-17-19-20-21-23-25-27-29-31-33-35-38-48-40-42(41-50-52(46,47)49-39-37-44)51-43(45)36-34-32-30-28-26-24-22-18-16-14-12-10-8-6-4-2/h5-8,11-14,17-19,21-23,26,28,42H,3-4,9-10,15-16,20,24-25,27,29-41,44H2,1-2H3,(H,46,47)/b7-5-,8-6-,13-11-,14-12-,19-17-,22-18-,23-21-,28-26-. The Morgan fingerprint density at radius 3 is 1.52 bits per heavy atom. The monoisotopic (exact) mass is 746 g/mol. The van der Waals surface area contributed by atoms with Gasteiger partial charge in [-0.3, -0.25) is 13.8 Å². The van der Waals surface area contributed by atoms with Crippen molar-refractivity contribution in [2.75, 3.05) is 33.0 Å². The number of nitrogens with two attached hydrogens (primary N) is 1. The van der Waals surface area contributed by atoms with Gasteiger partial charge in [0.1, 0.15) is 6.10 Å². The van der Waals surface area contributed by atoms with E-state index >= 15 is 0 Å². The van der Waals surface area contributed by atoms with E-state index in [-0.39, 0.29) is 38.8 Å². The van der Waals surface area contributed by atoms with E-state index in [2.05, 4.69) is 111 Å². The summed E-state index contributed by atoms with van der Waals surface area (Å²) >= 11 is 0. The van der Waals surface area contributed by atoms with Crippen LogP contribution in [-0.4, -0.2) is 49.9 Å². The Kier molecular flexibility index (Phi) is 37.7. The summed E-state index contributed by atoms with van der Waals surface area (Å²) in [5, 5.41) is 0. The molecule has 8 nitrogen and oxygen atoms in total. The zero-order valence-electron chi connectivity index (χ0n) is 32.5. The number of carbonyl (C=O) groups excluding carboxylic acids is 1. The number of hydrogen-bond donors (Lipinski definition) is 2. The second-order valence-electron chi connectivity index (χ2n) is 12.4. The maximum atomic E-state index is 12.5. The van der Waals surface area contributed by atoms with Crippen LogP contribution in [0.15, 0.2) is 97.2 Å². The first-order valence-electron chi connectivity index (χ1n) is 19.7. The number of carbonyl (C=O) groups is 1. The molecule has 0 rings (SSSR count). The summed E-state index contributed by atoms with van der Waals surface area (Å²) in [7, 11) is -4.30. The van der Waals surface area contributed by atoms with Crippen LogP contribution < -0.4 is 5.73 Å². The van der Waals surface area contributed by atoms with Gasteiger partial charge in [-0.05, 0) is 89.9 Å². The van der Waals surface area contributed by atoms with Crippen LogP contribution in [0.2, 0.25) is 0 Å². The molecule has 0 radical (unpaired) electrons. The van der Waals surface area contributed by atoms with Crippen molar-refractivity contribution < 1.29 is 32.8 Å². The number of rotatable bonds is 36. The SMILES string of the molecule is CC/C=C\C/C=C\C/C=C\C/C=C\CCCCCCCOCC(COP(=O)(O)OCCN)OC(=O)CCCC/C=C\C/C=C\C/C=C\C/C=C\CC. The van der Waals surface area contributed by atoms with E-state index in [1.165, 1.54) is 12.8 Å². The van der Waals surface area contributed by atoms with Gasteiger partial charge in [0.15, 0.2) is 0 Å². The highest BCUT2D eigenvalue weighted by molar-refractivity contribution is 7.47. The van der Waals surface area contributed by atoms with Crippen molar-refractivity contribution in [2.45, 2.75) is 136 Å². The first-order chi connectivity index (χ1) is 25.4. The average molecular weight is 746 g/mol. The molecule has 0 amide bonds. The lowest BCUT2D eigenvalue weighted by Crippen LogP contribution is -2.28. The summed E-state index contributed by atoms with van der Waals surface area (Å²) in [5.74, 6) is -0.383. The molecule has 0 saturated heterocycles. The van der Waals surface area contributed by atoms with Gasteiger partial charge < -0.3 is 20.1 Å². The van der Waals surface area contributed by atoms with Crippen molar-refractivity contribution in [1.82, 2.24) is 0 Å². The zero-order chi connectivity index (χ0) is 38.1. The first kappa shape index (κ1) is 49.4. The van der Waals surface area contributed by atoms with E-state index < -0.39 is 13.9 Å². The van der Waals surface area contributed by atoms with Gasteiger partial charge >= 0.3 is 13.8 Å². The fourth-order valence-corrected chi connectivity index (χ4v) is 5.45. The molecular weight excluding hydrogens is 673 g/mol. The normalized spacial score (nSPS) is 14.6. The van der Waals surface area contributed by atoms with Crippen molar-refractivity contribution >= 4 is 13.8 Å². The number of hydrogen-bond acceptors (Lipinski definition) is 7. The van der Waals surface area contributed by atoms with E-state index in [4.69, 9.17) is 24.3 Å². The molecule has 9 heteroatoms. The summed E-state index contributed by atoms with van der Waals surface area (Å²) in [6.45, 7) is 4.55. The molecule has 0 aliphatic heterocycles. The number of esters is 1. The summed E-state index contributed by atoms with van der Waals surface area (Å²) < 4.78 is 33.3. The molecule has 52 heavy (non-hydrogen) atoms. The number of ether oxygens (including phenoxy) is 2. The van der Waals surface area contributed by atoms with Crippen molar-refractivity contribution in [3.8, 4) is 0 Å². The topological polar surface area (TPSA) is 117 Å². The van der Waals surface area contributed by atoms with Crippen LogP contribution in [0, 0.1) is 0 Å². The van der Waals surface area contributed by atoms with Gasteiger partial charge in [-0.25, -0.2) is 4.57 Å². The highest BCUT2D eigenvalue weighted by Crippen LogP contribution is 2.43. The van der Waals surface area contributed by atoms with E-state index in [0.717, 1.165) is 89.9 Å². The minimum Gasteiger partial charge on any atom is -0.457 e. The number of phosphoric acid groups is 1. The molecule has 296 valence electrons. The largest absolute Gasteiger partial charge is 0.472 e. The van der Waals surface area contributed by atoms with Crippen LogP contribution in [0.3, 0.4) is 0 Å². The van der Waals surface area contributed by atoms with E-state index in [0.29, 0.717) is 13.0 Å². The van der Waals surface area contributed by atoms with Gasteiger partial charge in [0, 0.05) is 19.6 Å². The molecule has 0 aliphatic rings. The maximum Gasteiger partial charge on any atom is 0.472 e. The Bertz CT molecular complexity index is 1110. The van der Waals surface area contributed by atoms with E-state index in [1.807, 2.05) is 0 Å². The number of unbranched alkanes of at least 4 members (excludes halogenated alkanes) is 7. The lowest BCUT2D eigenvalue weighted by molar-refractivity contribution is -0.154. The fourth-order valence-electron chi connectivity index (χ4n) is 4.68. The molecule has 3 N–H and O–H groups in total. The maximum absolute atomic E-state index is 12.5. The summed E-state index contributed by atoms with van der Waals surface area (Å²) in [4.78, 5) is 22.4. The Hall–Kier alpha value is -2.58. The van der Waals surface area contributed by atoms with Gasteiger partial charge in [0.2, 0.25) is 0 Å². The quantitative estimate of drug-likeness (QED) is 0.0282. The molecule has 0 heterocycles. The van der Waals surface area contributed by atoms with Crippen molar-refractivity contribution in [1.29, 1.82) is 0 Å². The van der Waals surface area contributed by atoms with Crippen LogP contribution in [0.4, 0.5) is 0 Å². The predicted molar refractivity (Wildman–Crippen MR) is 219 cm³/mol. The Morgan fingerprint density at radius 1 is 0.577 bits per heavy atom. The van der Waals surface area contributed by atoms with Crippen molar-refractivity contribution in [3.63, 3.8) is 0 Å². The van der Waals surface area contributed by atoms with Crippen molar-refractivity contribution in [3.05, 3.63) is 97.2 Å². The number of phosphoric ester groups is 1. The van der Waals surface area contributed by atoms with E-state index in [9.17, 15) is 14.3 Å². The first-order valence-corrected chi connectivity index (χ1v) is 21.2. The van der Waals surface area contributed by atoms with Crippen LogP contribution in [0.25, 0.3) is 0 Å². The third-order valence-electron chi connectivity index (χ3n) is 7.50. The Morgan fingerprint density at radius 2 is 1.02 bits per heavy atom. The second kappa shape index (κ2) is 39.6. The molecule has 0 aromatic heterocycles. The van der Waals surface area contributed by atoms with Gasteiger partial charge in [-0.1, -0.05) is 130 Å². The molecule has 2 atom stereocenters. The summed E-state index contributed by atoms with van der Waals surface area (Å²) in [5.41, 5.74) is 5.35. The minimum absolute atomic E-state index is 0.0798. The third kappa shape index (κ3) is 38.6. The molecule has 2 unspecified atom stereocenters. The highest BCUT2D eigenvalue weighted by atomic mass is 31.2. The molecule has 0 aliphatic carbocycles. The predicted octanol–water partition coefficient (Wildman–Crippen LogP) is 11.5. The van der Waals surface area contributed by atoms with Crippen LogP contribution in [-0.2, 0) is 27.9 Å². The van der Waals surface area contributed by atoms with Gasteiger partial charge in [-0.15, -0.1) is 0 Å². The third-order valence-corrected chi connectivity index (χ3v) is 8.48. The minimum atomic E-state index is -4.30. The van der Waals surface area contributed by atoms with E-state index in [1.54, 1.807) is 0 Å². The molecule has 0 fully saturated rings. The molecule has 0 saturated carbocycles. The molecule has 0 aromatic rings. The van der Waals surface area contributed by atoms with Gasteiger partial charge in [-0.2, -0.15) is 0 Å².